The van der Waals surface area contributed by atoms with E-state index in [-0.39, 0.29) is 22.1 Å². The van der Waals surface area contributed by atoms with Crippen LogP contribution < -0.4 is 20.3 Å². The molecule has 0 aliphatic carbocycles. The molecule has 0 aliphatic heterocycles. The Labute approximate surface area is 199 Å². The van der Waals surface area contributed by atoms with Gasteiger partial charge in [-0.2, -0.15) is 0 Å². The van der Waals surface area contributed by atoms with Crippen LogP contribution in [0.4, 0.5) is 5.69 Å². The zero-order valence-electron chi connectivity index (χ0n) is 20.1. The van der Waals surface area contributed by atoms with Crippen LogP contribution in [-0.4, -0.2) is 33.1 Å². The minimum absolute atomic E-state index is 0.111. The molecule has 180 valence electrons. The lowest BCUT2D eigenvalue weighted by Crippen LogP contribution is -2.33. The summed E-state index contributed by atoms with van der Waals surface area (Å²) in [5.74, 6) is 0.152. The number of methoxy groups -OCH3 is 2. The van der Waals surface area contributed by atoms with E-state index in [4.69, 9.17) is 9.47 Å². The van der Waals surface area contributed by atoms with Crippen LogP contribution in [-0.2, 0) is 21.2 Å². The molecule has 3 aromatic rings. The van der Waals surface area contributed by atoms with Gasteiger partial charge in [-0.1, -0.05) is 17.7 Å². The summed E-state index contributed by atoms with van der Waals surface area (Å²) >= 11 is 0. The van der Waals surface area contributed by atoms with Gasteiger partial charge in [0.1, 0.15) is 11.4 Å². The van der Waals surface area contributed by atoms with Gasteiger partial charge in [0.2, 0.25) is 15.7 Å². The van der Waals surface area contributed by atoms with Crippen LogP contribution in [0.5, 0.6) is 11.5 Å². The van der Waals surface area contributed by atoms with E-state index in [1.807, 2.05) is 26.0 Å². The Balaban J connectivity index is 2.03. The highest BCUT2D eigenvalue weighted by atomic mass is 32.2. The van der Waals surface area contributed by atoms with E-state index < -0.39 is 21.3 Å². The number of nitrogens with zero attached hydrogens (tertiary/aromatic N) is 1. The van der Waals surface area contributed by atoms with Crippen molar-refractivity contribution in [3.05, 3.63) is 75.2 Å². The van der Waals surface area contributed by atoms with Crippen molar-refractivity contribution in [2.45, 2.75) is 44.0 Å². The summed E-state index contributed by atoms with van der Waals surface area (Å²) in [5.41, 5.74) is 2.59. The molecule has 0 aliphatic rings. The summed E-state index contributed by atoms with van der Waals surface area (Å²) in [6.45, 7) is 6.72. The minimum Gasteiger partial charge on any atom is -0.493 e. The van der Waals surface area contributed by atoms with Gasteiger partial charge in [0.05, 0.1) is 19.1 Å². The second kappa shape index (κ2) is 9.72. The van der Waals surface area contributed by atoms with Crippen LogP contribution in [0, 0.1) is 27.7 Å². The van der Waals surface area contributed by atoms with Crippen molar-refractivity contribution in [1.82, 2.24) is 4.57 Å². The van der Waals surface area contributed by atoms with Gasteiger partial charge in [0.25, 0.3) is 5.56 Å². The fourth-order valence-corrected chi connectivity index (χ4v) is 5.39. The number of amides is 1. The molecule has 9 heteroatoms. The molecular weight excluding hydrogens is 456 g/mol. The van der Waals surface area contributed by atoms with Gasteiger partial charge in [-0.25, -0.2) is 8.42 Å². The zero-order valence-corrected chi connectivity index (χ0v) is 20.9. The molecule has 34 heavy (non-hydrogen) atoms. The molecule has 0 saturated heterocycles. The van der Waals surface area contributed by atoms with Crippen LogP contribution >= 0.6 is 0 Å². The molecular formula is C25H28N2O6S. The first-order valence-corrected chi connectivity index (χ1v) is 12.0. The third kappa shape index (κ3) is 4.84. The standard InChI is InChI=1S/C25H28N2O6S/c1-15-7-9-20(16(2)11-15)26-23(28)14-27-18(4)12-17(3)24(25(27)29)34(30,31)19-8-10-21(32-5)22(13-19)33-6/h7-13H,14H2,1-6H3,(H,26,28). The molecule has 0 saturated carbocycles. The summed E-state index contributed by atoms with van der Waals surface area (Å²) in [7, 11) is -1.37. The van der Waals surface area contributed by atoms with Gasteiger partial charge in [-0.05, 0) is 63.1 Å². The number of benzene rings is 2. The first kappa shape index (κ1) is 25.0. The highest BCUT2D eigenvalue weighted by molar-refractivity contribution is 7.91. The summed E-state index contributed by atoms with van der Waals surface area (Å²) < 4.78 is 38.4. The Morgan fingerprint density at radius 3 is 2.21 bits per heavy atom. The predicted octanol–water partition coefficient (Wildman–Crippen LogP) is 3.57. The Morgan fingerprint density at radius 1 is 0.912 bits per heavy atom. The van der Waals surface area contributed by atoms with Crippen molar-refractivity contribution in [3.8, 4) is 11.5 Å². The maximum absolute atomic E-state index is 13.4. The maximum atomic E-state index is 13.4. The lowest BCUT2D eigenvalue weighted by atomic mass is 10.1. The fourth-order valence-electron chi connectivity index (χ4n) is 3.82. The molecule has 1 N–H and O–H groups in total. The number of pyridine rings is 1. The summed E-state index contributed by atoms with van der Waals surface area (Å²) in [4.78, 5) is 25.6. The molecule has 3 rings (SSSR count). The van der Waals surface area contributed by atoms with Crippen molar-refractivity contribution in [3.63, 3.8) is 0 Å². The fraction of sp³-hybridized carbons (Fsp3) is 0.280. The average molecular weight is 485 g/mol. The number of anilines is 1. The number of carbonyl (C=O) groups is 1. The van der Waals surface area contributed by atoms with Crippen molar-refractivity contribution < 1.29 is 22.7 Å². The first-order valence-electron chi connectivity index (χ1n) is 10.5. The molecule has 8 nitrogen and oxygen atoms in total. The van der Waals surface area contributed by atoms with Crippen LogP contribution in [0.25, 0.3) is 0 Å². The summed E-state index contributed by atoms with van der Waals surface area (Å²) in [5, 5.41) is 2.79. The van der Waals surface area contributed by atoms with E-state index in [2.05, 4.69) is 5.32 Å². The van der Waals surface area contributed by atoms with E-state index in [1.54, 1.807) is 26.0 Å². The van der Waals surface area contributed by atoms with Crippen LogP contribution in [0.3, 0.4) is 0 Å². The largest absolute Gasteiger partial charge is 0.493 e. The monoisotopic (exact) mass is 484 g/mol. The number of aromatic nitrogens is 1. The van der Waals surface area contributed by atoms with Gasteiger partial charge in [0.15, 0.2) is 11.5 Å². The van der Waals surface area contributed by atoms with Crippen molar-refractivity contribution in [2.75, 3.05) is 19.5 Å². The molecule has 1 aromatic heterocycles. The molecule has 0 radical (unpaired) electrons. The molecule has 1 amide bonds. The Hall–Kier alpha value is -3.59. The number of hydrogen-bond acceptors (Lipinski definition) is 6. The Bertz CT molecular complexity index is 1420. The number of nitrogens with one attached hydrogen (secondary N) is 1. The highest BCUT2D eigenvalue weighted by Crippen LogP contribution is 2.32. The number of sulfone groups is 1. The Kier molecular flexibility index (Phi) is 7.16. The van der Waals surface area contributed by atoms with E-state index in [1.165, 1.54) is 37.0 Å². The van der Waals surface area contributed by atoms with Gasteiger partial charge in [-0.3, -0.25) is 9.59 Å². The summed E-state index contributed by atoms with van der Waals surface area (Å²) in [6.07, 6.45) is 0. The zero-order chi connectivity index (χ0) is 25.2. The molecule has 1 heterocycles. The number of ether oxygens (including phenoxy) is 2. The molecule has 0 bridgehead atoms. The van der Waals surface area contributed by atoms with E-state index in [0.29, 0.717) is 22.7 Å². The van der Waals surface area contributed by atoms with Crippen molar-refractivity contribution in [1.29, 1.82) is 0 Å². The molecule has 0 unspecified atom stereocenters. The minimum atomic E-state index is -4.20. The second-order valence-corrected chi connectivity index (χ2v) is 9.96. The first-order chi connectivity index (χ1) is 16.0. The predicted molar refractivity (Wildman–Crippen MR) is 130 cm³/mol. The van der Waals surface area contributed by atoms with Crippen molar-refractivity contribution in [2.24, 2.45) is 0 Å². The van der Waals surface area contributed by atoms with Crippen LogP contribution in [0.2, 0.25) is 0 Å². The van der Waals surface area contributed by atoms with Gasteiger partial charge in [-0.15, -0.1) is 0 Å². The van der Waals surface area contributed by atoms with Crippen LogP contribution in [0.1, 0.15) is 22.4 Å². The molecule has 0 fully saturated rings. The lowest BCUT2D eigenvalue weighted by Gasteiger charge is -2.16. The van der Waals surface area contributed by atoms with Gasteiger partial charge >= 0.3 is 0 Å². The van der Waals surface area contributed by atoms with Crippen molar-refractivity contribution >= 4 is 21.4 Å². The quantitative estimate of drug-likeness (QED) is 0.550. The number of aryl methyl sites for hydroxylation is 4. The normalized spacial score (nSPS) is 11.2. The smallest absolute Gasteiger partial charge is 0.270 e. The average Bonchev–Trinajstić information content (AvgIpc) is 2.77. The molecule has 2 aromatic carbocycles. The van der Waals surface area contributed by atoms with E-state index in [0.717, 1.165) is 11.1 Å². The van der Waals surface area contributed by atoms with Crippen LogP contribution in [0.15, 0.2) is 57.1 Å². The lowest BCUT2D eigenvalue weighted by molar-refractivity contribution is -0.116. The van der Waals surface area contributed by atoms with Gasteiger partial charge in [0, 0.05) is 17.4 Å². The SMILES string of the molecule is COc1ccc(S(=O)(=O)c2c(C)cc(C)n(CC(=O)Nc3ccc(C)cc3C)c2=O)cc1OC. The number of rotatable bonds is 7. The second-order valence-electron chi connectivity index (χ2n) is 8.08. The topological polar surface area (TPSA) is 104 Å². The third-order valence-electron chi connectivity index (χ3n) is 5.54. The molecule has 0 atom stereocenters. The maximum Gasteiger partial charge on any atom is 0.270 e. The van der Waals surface area contributed by atoms with Gasteiger partial charge < -0.3 is 19.4 Å². The number of carbonyl (C=O) groups excluding carboxylic acids is 1. The Morgan fingerprint density at radius 2 is 1.59 bits per heavy atom. The summed E-state index contributed by atoms with van der Waals surface area (Å²) in [6, 6.07) is 11.3. The molecule has 0 spiro atoms. The van der Waals surface area contributed by atoms with E-state index >= 15 is 0 Å². The number of hydrogen-bond donors (Lipinski definition) is 1. The van der Waals surface area contributed by atoms with E-state index in [9.17, 15) is 18.0 Å². The highest BCUT2D eigenvalue weighted by Gasteiger charge is 2.27. The third-order valence-corrected chi connectivity index (χ3v) is 7.45.